The standard InChI is InChI=1S/C16H17BrN2O4S/c1-19(2)16(20)11-5-4-6-13(9-11)24(21,22)18-12-7-8-15(23-3)14(17)10-12/h4-10,18H,1-3H3. The third-order valence-corrected chi connectivity index (χ3v) is 5.20. The molecule has 0 spiro atoms. The third kappa shape index (κ3) is 4.07. The van der Waals surface area contributed by atoms with E-state index in [4.69, 9.17) is 4.74 Å². The van der Waals surface area contributed by atoms with Crippen molar-refractivity contribution in [1.29, 1.82) is 0 Å². The highest BCUT2D eigenvalue weighted by Crippen LogP contribution is 2.29. The molecule has 128 valence electrons. The number of rotatable bonds is 5. The summed E-state index contributed by atoms with van der Waals surface area (Å²) in [6, 6.07) is 10.7. The molecular formula is C16H17BrN2O4S. The van der Waals surface area contributed by atoms with Crippen LogP contribution in [0.5, 0.6) is 5.75 Å². The van der Waals surface area contributed by atoms with Gasteiger partial charge in [-0.25, -0.2) is 8.42 Å². The van der Waals surface area contributed by atoms with Gasteiger partial charge in [0, 0.05) is 19.7 Å². The van der Waals surface area contributed by atoms with Gasteiger partial charge in [0.2, 0.25) is 0 Å². The van der Waals surface area contributed by atoms with Gasteiger partial charge in [0.25, 0.3) is 15.9 Å². The van der Waals surface area contributed by atoms with E-state index in [2.05, 4.69) is 20.7 Å². The molecule has 0 radical (unpaired) electrons. The molecule has 1 N–H and O–H groups in total. The quantitative estimate of drug-likeness (QED) is 0.818. The molecule has 0 saturated heterocycles. The van der Waals surface area contributed by atoms with Gasteiger partial charge in [0.15, 0.2) is 0 Å². The number of sulfonamides is 1. The van der Waals surface area contributed by atoms with Crippen molar-refractivity contribution in [2.24, 2.45) is 0 Å². The molecule has 0 heterocycles. The summed E-state index contributed by atoms with van der Waals surface area (Å²) in [4.78, 5) is 13.4. The molecular weight excluding hydrogens is 396 g/mol. The van der Waals surface area contributed by atoms with Gasteiger partial charge < -0.3 is 9.64 Å². The second-order valence-electron chi connectivity index (χ2n) is 5.18. The molecule has 0 aliphatic carbocycles. The fourth-order valence-corrected chi connectivity index (χ4v) is 3.63. The zero-order chi connectivity index (χ0) is 17.9. The molecule has 0 saturated carbocycles. The van der Waals surface area contributed by atoms with Crippen LogP contribution in [-0.2, 0) is 10.0 Å². The maximum Gasteiger partial charge on any atom is 0.261 e. The number of hydrogen-bond donors (Lipinski definition) is 1. The van der Waals surface area contributed by atoms with Crippen molar-refractivity contribution in [3.63, 3.8) is 0 Å². The molecule has 0 unspecified atom stereocenters. The number of hydrogen-bond acceptors (Lipinski definition) is 4. The Bertz CT molecular complexity index is 866. The third-order valence-electron chi connectivity index (χ3n) is 3.20. The molecule has 0 bridgehead atoms. The Morgan fingerprint density at radius 3 is 2.46 bits per heavy atom. The largest absolute Gasteiger partial charge is 0.496 e. The molecule has 24 heavy (non-hydrogen) atoms. The van der Waals surface area contributed by atoms with Crippen LogP contribution < -0.4 is 9.46 Å². The summed E-state index contributed by atoms with van der Waals surface area (Å²) in [7, 11) is 0.927. The van der Waals surface area contributed by atoms with Gasteiger partial charge >= 0.3 is 0 Å². The summed E-state index contributed by atoms with van der Waals surface area (Å²) in [6.45, 7) is 0. The second kappa shape index (κ2) is 7.23. The second-order valence-corrected chi connectivity index (χ2v) is 7.72. The fourth-order valence-electron chi connectivity index (χ4n) is 2.00. The predicted molar refractivity (Wildman–Crippen MR) is 96.0 cm³/mol. The van der Waals surface area contributed by atoms with Gasteiger partial charge in [-0.1, -0.05) is 6.07 Å². The van der Waals surface area contributed by atoms with Crippen molar-refractivity contribution in [3.8, 4) is 5.75 Å². The summed E-state index contributed by atoms with van der Waals surface area (Å²) in [5.41, 5.74) is 0.686. The Hall–Kier alpha value is -2.06. The minimum Gasteiger partial charge on any atom is -0.496 e. The van der Waals surface area contributed by atoms with Crippen molar-refractivity contribution in [2.45, 2.75) is 4.90 Å². The molecule has 0 aromatic heterocycles. The Morgan fingerprint density at radius 2 is 1.88 bits per heavy atom. The van der Waals surface area contributed by atoms with Crippen molar-refractivity contribution in [1.82, 2.24) is 4.90 Å². The number of anilines is 1. The lowest BCUT2D eigenvalue weighted by molar-refractivity contribution is 0.0827. The summed E-state index contributed by atoms with van der Waals surface area (Å²) >= 11 is 3.31. The van der Waals surface area contributed by atoms with Crippen LogP contribution in [0.25, 0.3) is 0 Å². The van der Waals surface area contributed by atoms with Crippen LogP contribution in [0.4, 0.5) is 5.69 Å². The number of amides is 1. The Morgan fingerprint density at radius 1 is 1.17 bits per heavy atom. The van der Waals surface area contributed by atoms with Crippen LogP contribution in [0.2, 0.25) is 0 Å². The molecule has 1 amide bonds. The molecule has 6 nitrogen and oxygen atoms in total. The highest BCUT2D eigenvalue weighted by Gasteiger charge is 2.17. The maximum absolute atomic E-state index is 12.5. The van der Waals surface area contributed by atoms with Gasteiger partial charge in [0.05, 0.1) is 22.2 Å². The van der Waals surface area contributed by atoms with Crippen LogP contribution in [0.3, 0.4) is 0 Å². The van der Waals surface area contributed by atoms with Crippen LogP contribution >= 0.6 is 15.9 Å². The maximum atomic E-state index is 12.5. The van der Waals surface area contributed by atoms with Gasteiger partial charge in [-0.3, -0.25) is 9.52 Å². The number of ether oxygens (including phenoxy) is 1. The fraction of sp³-hybridized carbons (Fsp3) is 0.188. The number of nitrogens with zero attached hydrogens (tertiary/aromatic N) is 1. The van der Waals surface area contributed by atoms with E-state index in [9.17, 15) is 13.2 Å². The molecule has 8 heteroatoms. The van der Waals surface area contributed by atoms with Gasteiger partial charge in [-0.05, 0) is 52.3 Å². The molecule has 0 aliphatic heterocycles. The number of carbonyl (C=O) groups is 1. The van der Waals surface area contributed by atoms with Gasteiger partial charge in [-0.2, -0.15) is 0 Å². The van der Waals surface area contributed by atoms with E-state index in [1.807, 2.05) is 0 Å². The lowest BCUT2D eigenvalue weighted by Crippen LogP contribution is -2.22. The zero-order valence-corrected chi connectivity index (χ0v) is 15.8. The highest BCUT2D eigenvalue weighted by atomic mass is 79.9. The Kier molecular flexibility index (Phi) is 5.51. The zero-order valence-electron chi connectivity index (χ0n) is 13.4. The lowest BCUT2D eigenvalue weighted by atomic mass is 10.2. The predicted octanol–water partition coefficient (Wildman–Crippen LogP) is 2.96. The van der Waals surface area contributed by atoms with Crippen LogP contribution in [0.15, 0.2) is 51.8 Å². The van der Waals surface area contributed by atoms with E-state index in [0.717, 1.165) is 0 Å². The average molecular weight is 413 g/mol. The van der Waals surface area contributed by atoms with E-state index >= 15 is 0 Å². The number of halogens is 1. The first-order valence-electron chi connectivity index (χ1n) is 6.92. The first-order chi connectivity index (χ1) is 11.2. The van der Waals surface area contributed by atoms with Gasteiger partial charge in [0.1, 0.15) is 5.75 Å². The van der Waals surface area contributed by atoms with E-state index in [0.29, 0.717) is 21.5 Å². The van der Waals surface area contributed by atoms with E-state index in [1.165, 1.54) is 30.2 Å². The summed E-state index contributed by atoms with van der Waals surface area (Å²) < 4.78 is 33.3. The SMILES string of the molecule is COc1ccc(NS(=O)(=O)c2cccc(C(=O)N(C)C)c2)cc1Br. The van der Waals surface area contributed by atoms with Crippen molar-refractivity contribution in [2.75, 3.05) is 25.9 Å². The van der Waals surface area contributed by atoms with Crippen molar-refractivity contribution < 1.29 is 17.9 Å². The minimum absolute atomic E-state index is 0.0159. The molecule has 2 aromatic rings. The van der Waals surface area contributed by atoms with Crippen LogP contribution in [-0.4, -0.2) is 40.4 Å². The summed E-state index contributed by atoms with van der Waals surface area (Å²) in [6.07, 6.45) is 0. The van der Waals surface area contributed by atoms with Crippen molar-refractivity contribution in [3.05, 3.63) is 52.5 Å². The van der Waals surface area contributed by atoms with E-state index in [-0.39, 0.29) is 10.8 Å². The monoisotopic (exact) mass is 412 g/mol. The highest BCUT2D eigenvalue weighted by molar-refractivity contribution is 9.10. The first-order valence-corrected chi connectivity index (χ1v) is 9.20. The first kappa shape index (κ1) is 18.3. The molecule has 0 fully saturated rings. The average Bonchev–Trinajstić information content (AvgIpc) is 2.54. The minimum atomic E-state index is -3.81. The normalized spacial score (nSPS) is 11.0. The molecule has 2 rings (SSSR count). The van der Waals surface area contributed by atoms with Gasteiger partial charge in [-0.15, -0.1) is 0 Å². The molecule has 0 aliphatic rings. The number of benzene rings is 2. The lowest BCUT2D eigenvalue weighted by Gasteiger charge is -2.13. The number of carbonyl (C=O) groups excluding carboxylic acids is 1. The smallest absolute Gasteiger partial charge is 0.261 e. The Labute approximate surface area is 149 Å². The molecule has 0 atom stereocenters. The Balaban J connectivity index is 2.32. The van der Waals surface area contributed by atoms with E-state index in [1.54, 1.807) is 38.4 Å². The summed E-state index contributed by atoms with van der Waals surface area (Å²) in [5.74, 6) is 0.329. The summed E-state index contributed by atoms with van der Waals surface area (Å²) in [5, 5.41) is 0. The topological polar surface area (TPSA) is 75.7 Å². The number of nitrogens with one attached hydrogen (secondary N) is 1. The van der Waals surface area contributed by atoms with Crippen LogP contribution in [0.1, 0.15) is 10.4 Å². The van der Waals surface area contributed by atoms with E-state index < -0.39 is 10.0 Å². The van der Waals surface area contributed by atoms with Crippen LogP contribution in [0, 0.1) is 0 Å². The number of methoxy groups -OCH3 is 1. The van der Waals surface area contributed by atoms with Crippen molar-refractivity contribution >= 4 is 37.5 Å². The molecule has 2 aromatic carbocycles.